The summed E-state index contributed by atoms with van der Waals surface area (Å²) in [5.74, 6) is 0.296. The molecule has 2 rings (SSSR count). The molecule has 4 nitrogen and oxygen atoms in total. The van der Waals surface area contributed by atoms with Crippen LogP contribution in [0, 0.1) is 0 Å². The maximum atomic E-state index is 12.2. The Hall–Kier alpha value is -1.37. The molecule has 0 amide bonds. The highest BCUT2D eigenvalue weighted by Gasteiger charge is 2.33. The first-order valence-electron chi connectivity index (χ1n) is 4.80. The van der Waals surface area contributed by atoms with Gasteiger partial charge in [0.15, 0.2) is 5.69 Å². The van der Waals surface area contributed by atoms with Gasteiger partial charge in [-0.25, -0.2) is 0 Å². The third kappa shape index (κ3) is 2.41. The fraction of sp³-hybridized carbons (Fsp3) is 0.556. The normalized spacial score (nSPS) is 25.0. The van der Waals surface area contributed by atoms with E-state index in [-0.39, 0.29) is 12.1 Å². The van der Waals surface area contributed by atoms with Crippen LogP contribution in [-0.2, 0) is 6.18 Å². The van der Waals surface area contributed by atoms with Gasteiger partial charge in [0.25, 0.3) is 0 Å². The Kier molecular flexibility index (Phi) is 2.71. The first-order chi connectivity index (χ1) is 7.45. The summed E-state index contributed by atoms with van der Waals surface area (Å²) in [5.41, 5.74) is -1.01. The Balaban J connectivity index is 1.97. The molecule has 1 aliphatic carbocycles. The maximum Gasteiger partial charge on any atom is 0.435 e. The average Bonchev–Trinajstić information content (AvgIpc) is 2.15. The fourth-order valence-electron chi connectivity index (χ4n) is 1.48. The molecule has 0 spiro atoms. The van der Waals surface area contributed by atoms with Crippen molar-refractivity contribution in [1.82, 2.24) is 10.2 Å². The van der Waals surface area contributed by atoms with Crippen molar-refractivity contribution < 1.29 is 18.3 Å². The van der Waals surface area contributed by atoms with Crippen molar-refractivity contribution in [2.45, 2.75) is 31.2 Å². The molecule has 16 heavy (non-hydrogen) atoms. The van der Waals surface area contributed by atoms with Crippen molar-refractivity contribution in [3.8, 4) is 0 Å². The molecule has 0 saturated heterocycles. The lowest BCUT2D eigenvalue weighted by molar-refractivity contribution is -0.141. The van der Waals surface area contributed by atoms with Crippen molar-refractivity contribution >= 4 is 5.82 Å². The van der Waals surface area contributed by atoms with Crippen LogP contribution in [0.2, 0.25) is 0 Å². The van der Waals surface area contributed by atoms with Crippen molar-refractivity contribution in [2.24, 2.45) is 0 Å². The highest BCUT2D eigenvalue weighted by molar-refractivity contribution is 5.35. The number of aromatic nitrogens is 2. The number of anilines is 1. The molecule has 0 bridgehead atoms. The minimum atomic E-state index is -4.46. The largest absolute Gasteiger partial charge is 0.435 e. The molecule has 1 aromatic heterocycles. The summed E-state index contributed by atoms with van der Waals surface area (Å²) in [5, 5.41) is 18.4. The highest BCUT2D eigenvalue weighted by atomic mass is 19.4. The Morgan fingerprint density at radius 2 is 1.94 bits per heavy atom. The van der Waals surface area contributed by atoms with E-state index in [2.05, 4.69) is 15.5 Å². The van der Waals surface area contributed by atoms with Crippen molar-refractivity contribution in [2.75, 3.05) is 5.32 Å². The molecule has 0 atom stereocenters. The second-order valence-corrected chi connectivity index (χ2v) is 3.77. The van der Waals surface area contributed by atoms with Crippen LogP contribution < -0.4 is 5.32 Å². The van der Waals surface area contributed by atoms with Crippen LogP contribution in [0.5, 0.6) is 0 Å². The topological polar surface area (TPSA) is 58.0 Å². The predicted octanol–water partition coefficient (Wildman–Crippen LogP) is 1.43. The Bertz CT molecular complexity index is 359. The van der Waals surface area contributed by atoms with E-state index in [1.54, 1.807) is 0 Å². The quantitative estimate of drug-likeness (QED) is 0.811. The van der Waals surface area contributed by atoms with Crippen LogP contribution in [0.4, 0.5) is 19.0 Å². The molecule has 88 valence electrons. The van der Waals surface area contributed by atoms with Gasteiger partial charge in [-0.3, -0.25) is 0 Å². The number of rotatable bonds is 2. The summed E-state index contributed by atoms with van der Waals surface area (Å²) in [7, 11) is 0. The minimum Gasteiger partial charge on any atom is -0.393 e. The molecule has 7 heteroatoms. The lowest BCUT2D eigenvalue weighted by atomic mass is 9.89. The van der Waals surface area contributed by atoms with Gasteiger partial charge in [0.2, 0.25) is 0 Å². The van der Waals surface area contributed by atoms with E-state index in [9.17, 15) is 13.2 Å². The van der Waals surface area contributed by atoms with Gasteiger partial charge in [0.05, 0.1) is 6.10 Å². The zero-order chi connectivity index (χ0) is 11.8. The number of hydrogen-bond donors (Lipinski definition) is 2. The van der Waals surface area contributed by atoms with Crippen LogP contribution in [0.1, 0.15) is 18.5 Å². The first kappa shape index (κ1) is 11.1. The number of alkyl halides is 3. The van der Waals surface area contributed by atoms with Gasteiger partial charge >= 0.3 is 6.18 Å². The number of halogens is 3. The first-order valence-corrected chi connectivity index (χ1v) is 4.80. The monoisotopic (exact) mass is 233 g/mol. The third-order valence-electron chi connectivity index (χ3n) is 2.42. The van der Waals surface area contributed by atoms with Crippen LogP contribution in [0.15, 0.2) is 12.1 Å². The van der Waals surface area contributed by atoms with Crippen molar-refractivity contribution in [3.63, 3.8) is 0 Å². The van der Waals surface area contributed by atoms with Crippen molar-refractivity contribution in [1.29, 1.82) is 0 Å². The molecular formula is C9H10F3N3O. The Morgan fingerprint density at radius 1 is 1.25 bits per heavy atom. The number of nitrogens with one attached hydrogen (secondary N) is 1. The van der Waals surface area contributed by atoms with Crippen LogP contribution >= 0.6 is 0 Å². The number of hydrogen-bond acceptors (Lipinski definition) is 4. The van der Waals surface area contributed by atoms with Gasteiger partial charge in [-0.05, 0) is 25.0 Å². The molecule has 0 aliphatic heterocycles. The third-order valence-corrected chi connectivity index (χ3v) is 2.42. The van der Waals surface area contributed by atoms with Gasteiger partial charge in [0.1, 0.15) is 5.82 Å². The van der Waals surface area contributed by atoms with E-state index >= 15 is 0 Å². The molecular weight excluding hydrogens is 223 g/mol. The van der Waals surface area contributed by atoms with Gasteiger partial charge in [-0.15, -0.1) is 10.2 Å². The van der Waals surface area contributed by atoms with Gasteiger partial charge in [0, 0.05) is 6.04 Å². The predicted molar refractivity (Wildman–Crippen MR) is 49.7 cm³/mol. The summed E-state index contributed by atoms with van der Waals surface area (Å²) in [4.78, 5) is 0. The Morgan fingerprint density at radius 3 is 2.38 bits per heavy atom. The SMILES string of the molecule is OC1CC(Nc2ccc(C(F)(F)F)nn2)C1. The minimum absolute atomic E-state index is 0.0704. The highest BCUT2D eigenvalue weighted by Crippen LogP contribution is 2.28. The van der Waals surface area contributed by atoms with Gasteiger partial charge in [-0.2, -0.15) is 13.2 Å². The molecule has 1 aliphatic rings. The second kappa shape index (κ2) is 3.89. The van der Waals surface area contributed by atoms with Gasteiger partial charge < -0.3 is 10.4 Å². The molecule has 1 fully saturated rings. The molecule has 1 aromatic rings. The summed E-state index contributed by atoms with van der Waals surface area (Å²) in [6.07, 6.45) is -3.61. The lowest BCUT2D eigenvalue weighted by Crippen LogP contribution is -2.39. The zero-order valence-electron chi connectivity index (χ0n) is 8.20. The fourth-order valence-corrected chi connectivity index (χ4v) is 1.48. The van der Waals surface area contributed by atoms with E-state index in [1.165, 1.54) is 6.07 Å². The summed E-state index contributed by atoms with van der Waals surface area (Å²) in [6, 6.07) is 2.19. The molecule has 0 radical (unpaired) electrons. The molecule has 0 unspecified atom stereocenters. The van der Waals surface area contributed by atoms with E-state index in [0.29, 0.717) is 18.7 Å². The average molecular weight is 233 g/mol. The van der Waals surface area contributed by atoms with E-state index < -0.39 is 11.9 Å². The molecule has 0 aromatic carbocycles. The van der Waals surface area contributed by atoms with E-state index in [0.717, 1.165) is 6.07 Å². The van der Waals surface area contributed by atoms with E-state index in [1.807, 2.05) is 0 Å². The zero-order valence-corrected chi connectivity index (χ0v) is 8.20. The van der Waals surface area contributed by atoms with Crippen LogP contribution in [0.3, 0.4) is 0 Å². The van der Waals surface area contributed by atoms with Gasteiger partial charge in [-0.1, -0.05) is 0 Å². The second-order valence-electron chi connectivity index (χ2n) is 3.77. The number of aliphatic hydroxyl groups excluding tert-OH is 1. The maximum absolute atomic E-state index is 12.2. The summed E-state index contributed by atoms with van der Waals surface area (Å²) in [6.45, 7) is 0. The standard InChI is InChI=1S/C9H10F3N3O/c10-9(11,12)7-1-2-8(15-14-7)13-5-3-6(16)4-5/h1-2,5-6,16H,3-4H2,(H,13,15). The number of nitrogens with zero attached hydrogens (tertiary/aromatic N) is 2. The lowest BCUT2D eigenvalue weighted by Gasteiger charge is -2.32. The number of aliphatic hydroxyl groups is 1. The smallest absolute Gasteiger partial charge is 0.393 e. The van der Waals surface area contributed by atoms with Crippen LogP contribution in [-0.4, -0.2) is 27.4 Å². The molecule has 2 N–H and O–H groups in total. The van der Waals surface area contributed by atoms with Crippen molar-refractivity contribution in [3.05, 3.63) is 17.8 Å². The summed E-state index contributed by atoms with van der Waals surface area (Å²) < 4.78 is 36.5. The van der Waals surface area contributed by atoms with Crippen LogP contribution in [0.25, 0.3) is 0 Å². The summed E-state index contributed by atoms with van der Waals surface area (Å²) >= 11 is 0. The Labute approximate surface area is 89.5 Å². The van der Waals surface area contributed by atoms with E-state index in [4.69, 9.17) is 5.11 Å². The molecule has 1 heterocycles. The molecule has 1 saturated carbocycles.